The van der Waals surface area contributed by atoms with Crippen LogP contribution in [0, 0.1) is 0 Å². The van der Waals surface area contributed by atoms with E-state index in [0.29, 0.717) is 5.69 Å². The molecule has 3 N–H and O–H groups in total. The van der Waals surface area contributed by atoms with E-state index in [4.69, 9.17) is 10.3 Å². The van der Waals surface area contributed by atoms with Gasteiger partial charge in [0.05, 0.1) is 6.33 Å². The summed E-state index contributed by atoms with van der Waals surface area (Å²) < 4.78 is 8.55. The lowest BCUT2D eigenvalue weighted by Gasteiger charge is -2.39. The lowest BCUT2D eigenvalue weighted by atomic mass is 10.1. The second-order valence-corrected chi connectivity index (χ2v) is 13.1. The molecule has 0 spiro atoms. The maximum Gasteiger partial charge on any atom is 0.285 e. The number of aryl methyl sites for hydroxylation is 1. The van der Waals surface area contributed by atoms with Crippen LogP contribution in [0.15, 0.2) is 42.9 Å². The molecule has 6 nitrogen and oxygen atoms in total. The monoisotopic (exact) mass is 388 g/mol. The molecule has 148 valence electrons. The first-order valence-electron chi connectivity index (χ1n) is 9.40. The molecule has 2 rings (SSSR count). The molecule has 1 aromatic heterocycles. The molecule has 1 unspecified atom stereocenters. The topological polar surface area (TPSA) is 82.2 Å². The van der Waals surface area contributed by atoms with Crippen molar-refractivity contribution in [3.05, 3.63) is 54.1 Å². The molecule has 1 aromatic carbocycles. The average molecular weight is 389 g/mol. The number of carbonyl (C=O) groups is 1. The zero-order valence-corrected chi connectivity index (χ0v) is 18.0. The van der Waals surface area contributed by atoms with Gasteiger partial charge in [-0.05, 0) is 43.0 Å². The number of nitrogens with zero attached hydrogens (tertiary/aromatic N) is 2. The Hall–Kier alpha value is -1.96. The van der Waals surface area contributed by atoms with Gasteiger partial charge in [0.25, 0.3) is 5.91 Å². The molecule has 1 heterocycles. The van der Waals surface area contributed by atoms with Gasteiger partial charge in [-0.1, -0.05) is 51.1 Å². The first-order valence-corrected chi connectivity index (χ1v) is 12.3. The maximum atomic E-state index is 11.7. The van der Waals surface area contributed by atoms with E-state index in [1.807, 2.05) is 10.6 Å². The van der Waals surface area contributed by atoms with E-state index >= 15 is 0 Å². The molecule has 0 aliphatic heterocycles. The molecule has 1 atom stereocenters. The number of benzene rings is 1. The number of aromatic nitrogens is 2. The molecule has 2 aromatic rings. The minimum absolute atomic E-state index is 0.0999. The second-order valence-electron chi connectivity index (χ2n) is 8.39. The normalized spacial score (nSPS) is 13.4. The number of nitrogens with two attached hydrogens (primary N) is 1. The summed E-state index contributed by atoms with van der Waals surface area (Å²) in [6.45, 7) is 11.1. The number of imidazole rings is 1. The molecule has 0 saturated carbocycles. The van der Waals surface area contributed by atoms with Crippen LogP contribution in [0.25, 0.3) is 0 Å². The molecule has 0 aliphatic carbocycles. The van der Waals surface area contributed by atoms with Crippen LogP contribution in [-0.2, 0) is 10.8 Å². The van der Waals surface area contributed by atoms with Crippen LogP contribution in [0.3, 0.4) is 0 Å². The summed E-state index contributed by atoms with van der Waals surface area (Å²) >= 11 is 0. The van der Waals surface area contributed by atoms with Crippen molar-refractivity contribution in [2.75, 3.05) is 0 Å². The van der Waals surface area contributed by atoms with Gasteiger partial charge < -0.3 is 8.99 Å². The fourth-order valence-electron chi connectivity index (χ4n) is 2.60. The summed E-state index contributed by atoms with van der Waals surface area (Å²) in [5, 5.41) is 0.0999. The average Bonchev–Trinajstić information content (AvgIpc) is 3.10. The number of rotatable bonds is 8. The van der Waals surface area contributed by atoms with E-state index in [9.17, 15) is 4.79 Å². The molecule has 27 heavy (non-hydrogen) atoms. The van der Waals surface area contributed by atoms with Crippen LogP contribution in [-0.4, -0.2) is 23.8 Å². The summed E-state index contributed by atoms with van der Waals surface area (Å²) in [4.78, 5) is 15.9. The standard InChI is InChI=1S/C20H32N4O2Si/c1-20(2,3)27(4,5)26-18(13-9-12-16-10-7-6-8-11-16)24-14-17(22-15-24)19(25)23-21/h6-8,10-11,14-15,18H,9,12-13,21H2,1-5H3,(H,23,25). The fourth-order valence-corrected chi connectivity index (χ4v) is 3.87. The van der Waals surface area contributed by atoms with Crippen molar-refractivity contribution >= 4 is 14.2 Å². The zero-order valence-electron chi connectivity index (χ0n) is 17.0. The van der Waals surface area contributed by atoms with Crippen molar-refractivity contribution in [1.82, 2.24) is 15.0 Å². The highest BCUT2D eigenvalue weighted by atomic mass is 28.4. The van der Waals surface area contributed by atoms with Crippen molar-refractivity contribution in [3.63, 3.8) is 0 Å². The van der Waals surface area contributed by atoms with E-state index < -0.39 is 14.2 Å². The zero-order chi connectivity index (χ0) is 20.1. The van der Waals surface area contributed by atoms with Gasteiger partial charge >= 0.3 is 0 Å². The van der Waals surface area contributed by atoms with Crippen LogP contribution in [0.5, 0.6) is 0 Å². The summed E-state index contributed by atoms with van der Waals surface area (Å²) in [6.07, 6.45) is 6.04. The molecule has 0 radical (unpaired) electrons. The summed E-state index contributed by atoms with van der Waals surface area (Å²) in [5.74, 6) is 4.82. The Balaban J connectivity index is 2.15. The smallest absolute Gasteiger partial charge is 0.285 e. The maximum absolute atomic E-state index is 11.7. The van der Waals surface area contributed by atoms with Gasteiger partial charge in [0.2, 0.25) is 0 Å². The molecule has 0 aliphatic rings. The van der Waals surface area contributed by atoms with Crippen molar-refractivity contribution in [2.45, 2.75) is 64.4 Å². The number of hydrogen-bond donors (Lipinski definition) is 2. The minimum atomic E-state index is -1.98. The van der Waals surface area contributed by atoms with Crippen LogP contribution >= 0.6 is 0 Å². The van der Waals surface area contributed by atoms with Gasteiger partial charge in [-0.25, -0.2) is 10.8 Å². The number of hydrogen-bond acceptors (Lipinski definition) is 4. The lowest BCUT2D eigenvalue weighted by molar-refractivity contribution is 0.0945. The van der Waals surface area contributed by atoms with E-state index in [1.165, 1.54) is 5.56 Å². The Morgan fingerprint density at radius 3 is 2.56 bits per heavy atom. The van der Waals surface area contributed by atoms with Gasteiger partial charge in [-0.3, -0.25) is 10.2 Å². The lowest BCUT2D eigenvalue weighted by Crippen LogP contribution is -2.42. The highest BCUT2D eigenvalue weighted by Gasteiger charge is 2.39. The van der Waals surface area contributed by atoms with Crippen LogP contribution in [0.4, 0.5) is 0 Å². The van der Waals surface area contributed by atoms with E-state index in [1.54, 1.807) is 12.5 Å². The summed E-state index contributed by atoms with van der Waals surface area (Å²) in [5.41, 5.74) is 3.74. The van der Waals surface area contributed by atoms with E-state index in [-0.39, 0.29) is 11.3 Å². The molecule has 1 amide bonds. The van der Waals surface area contributed by atoms with Gasteiger partial charge in [0.1, 0.15) is 11.9 Å². The van der Waals surface area contributed by atoms with Crippen LogP contribution in [0.2, 0.25) is 18.1 Å². The molecular weight excluding hydrogens is 356 g/mol. The minimum Gasteiger partial charge on any atom is -0.397 e. The Morgan fingerprint density at radius 2 is 1.96 bits per heavy atom. The molecule has 0 fully saturated rings. The van der Waals surface area contributed by atoms with Gasteiger partial charge in [0.15, 0.2) is 8.32 Å². The Labute approximate surface area is 163 Å². The van der Waals surface area contributed by atoms with Crippen molar-refractivity contribution in [1.29, 1.82) is 0 Å². The highest BCUT2D eigenvalue weighted by molar-refractivity contribution is 6.74. The highest BCUT2D eigenvalue weighted by Crippen LogP contribution is 2.39. The predicted octanol–water partition coefficient (Wildman–Crippen LogP) is 4.03. The quantitative estimate of drug-likeness (QED) is 0.310. The van der Waals surface area contributed by atoms with Gasteiger partial charge in [-0.2, -0.15) is 0 Å². The van der Waals surface area contributed by atoms with Gasteiger partial charge in [0, 0.05) is 6.20 Å². The number of nitrogens with one attached hydrogen (secondary N) is 1. The second kappa shape index (κ2) is 8.82. The number of amides is 1. The SMILES string of the molecule is CC(C)(C)[Si](C)(C)OC(CCCc1ccccc1)n1cnc(C(=O)NN)c1. The Bertz CT molecular complexity index is 738. The largest absolute Gasteiger partial charge is 0.397 e. The first kappa shape index (κ1) is 21.3. The molecule has 7 heteroatoms. The Kier molecular flexibility index (Phi) is 6.97. The third kappa shape index (κ3) is 5.75. The van der Waals surface area contributed by atoms with Gasteiger partial charge in [-0.15, -0.1) is 0 Å². The van der Waals surface area contributed by atoms with Crippen molar-refractivity contribution in [3.8, 4) is 0 Å². The fraction of sp³-hybridized carbons (Fsp3) is 0.500. The number of hydrazine groups is 1. The third-order valence-corrected chi connectivity index (χ3v) is 9.77. The summed E-state index contributed by atoms with van der Waals surface area (Å²) in [7, 11) is -1.98. The third-order valence-electron chi connectivity index (χ3n) is 5.29. The number of nitrogen functional groups attached to an aromatic ring is 1. The molecular formula is C20H32N4O2Si. The van der Waals surface area contributed by atoms with Crippen molar-refractivity contribution < 1.29 is 9.22 Å². The van der Waals surface area contributed by atoms with E-state index in [2.05, 4.69) is 68.5 Å². The molecule has 0 bridgehead atoms. The predicted molar refractivity (Wildman–Crippen MR) is 111 cm³/mol. The van der Waals surface area contributed by atoms with Crippen molar-refractivity contribution in [2.24, 2.45) is 5.84 Å². The van der Waals surface area contributed by atoms with Crippen LogP contribution in [0.1, 0.15) is 55.9 Å². The number of carbonyl (C=O) groups excluding carboxylic acids is 1. The Morgan fingerprint density at radius 1 is 1.30 bits per heavy atom. The summed E-state index contributed by atoms with van der Waals surface area (Å²) in [6, 6.07) is 10.4. The molecule has 0 saturated heterocycles. The van der Waals surface area contributed by atoms with E-state index in [0.717, 1.165) is 19.3 Å². The first-order chi connectivity index (χ1) is 12.6. The van der Waals surface area contributed by atoms with Crippen LogP contribution < -0.4 is 11.3 Å².